The Kier molecular flexibility index (Phi) is 6.45. The summed E-state index contributed by atoms with van der Waals surface area (Å²) in [7, 11) is 7.05. The maximum absolute atomic E-state index is 13.3. The number of fused-ring (bicyclic) bond motifs is 1. The number of methoxy groups -OCH3 is 2. The second-order valence-corrected chi connectivity index (χ2v) is 7.69. The van der Waals surface area contributed by atoms with Crippen LogP contribution in [0.5, 0.6) is 11.5 Å². The van der Waals surface area contributed by atoms with E-state index in [0.29, 0.717) is 30.9 Å². The summed E-state index contributed by atoms with van der Waals surface area (Å²) in [5.74, 6) is 1.18. The maximum atomic E-state index is 13.3. The van der Waals surface area contributed by atoms with Crippen molar-refractivity contribution in [3.63, 3.8) is 0 Å². The summed E-state index contributed by atoms with van der Waals surface area (Å²) in [4.78, 5) is 17.0. The Bertz CT molecular complexity index is 895. The summed E-state index contributed by atoms with van der Waals surface area (Å²) in [5, 5.41) is 10.4. The summed E-state index contributed by atoms with van der Waals surface area (Å²) in [5.41, 5.74) is 4.59. The molecule has 2 aromatic carbocycles. The van der Waals surface area contributed by atoms with Crippen molar-refractivity contribution in [2.24, 2.45) is 0 Å². The third-order valence-corrected chi connectivity index (χ3v) is 5.38. The molecule has 0 radical (unpaired) electrons. The van der Waals surface area contributed by atoms with E-state index in [2.05, 4.69) is 0 Å². The van der Waals surface area contributed by atoms with Gasteiger partial charge in [-0.05, 0) is 48.8 Å². The Balaban J connectivity index is 1.84. The van der Waals surface area contributed by atoms with Crippen LogP contribution in [-0.2, 0) is 19.5 Å². The summed E-state index contributed by atoms with van der Waals surface area (Å²) in [6.07, 6.45) is 0.217. The molecule has 1 aliphatic heterocycles. The molecule has 29 heavy (non-hydrogen) atoms. The minimum Gasteiger partial charge on any atom is -0.496 e. The number of aliphatic hydroxyl groups excluding tert-OH is 1. The number of hydrogen-bond acceptors (Lipinski definition) is 5. The molecule has 1 aliphatic rings. The number of ether oxygens (including phenoxy) is 2. The summed E-state index contributed by atoms with van der Waals surface area (Å²) in [6, 6.07) is 9.63. The Morgan fingerprint density at radius 2 is 1.79 bits per heavy atom. The van der Waals surface area contributed by atoms with Gasteiger partial charge < -0.3 is 24.4 Å². The molecule has 6 nitrogen and oxygen atoms in total. The van der Waals surface area contributed by atoms with Crippen LogP contribution in [0.4, 0.5) is 0 Å². The lowest BCUT2D eigenvalue weighted by atomic mass is 10.0. The predicted molar refractivity (Wildman–Crippen MR) is 112 cm³/mol. The molecule has 1 heterocycles. The van der Waals surface area contributed by atoms with Crippen molar-refractivity contribution in [3.05, 3.63) is 58.1 Å². The SMILES string of the molecule is CCc1cc(C(=O)N2Cc3ccc(C(O)CN(C)C)cc3C2)c(OC)cc1OC. The van der Waals surface area contributed by atoms with E-state index < -0.39 is 6.10 Å². The number of aryl methyl sites for hydroxylation is 1. The minimum atomic E-state index is -0.547. The van der Waals surface area contributed by atoms with Crippen LogP contribution < -0.4 is 9.47 Å². The fraction of sp³-hybridized carbons (Fsp3) is 0.435. The highest BCUT2D eigenvalue weighted by Crippen LogP contribution is 2.33. The van der Waals surface area contributed by atoms with Crippen LogP contribution in [0, 0.1) is 0 Å². The number of likely N-dealkylation sites (N-methyl/N-ethyl adjacent to an activating group) is 1. The number of benzene rings is 2. The number of aliphatic hydroxyl groups is 1. The largest absolute Gasteiger partial charge is 0.496 e. The molecule has 1 amide bonds. The highest BCUT2D eigenvalue weighted by molar-refractivity contribution is 5.97. The third-order valence-electron chi connectivity index (χ3n) is 5.38. The van der Waals surface area contributed by atoms with Gasteiger partial charge in [-0.25, -0.2) is 0 Å². The number of nitrogens with zero attached hydrogens (tertiary/aromatic N) is 2. The number of rotatable bonds is 7. The van der Waals surface area contributed by atoms with Crippen LogP contribution >= 0.6 is 0 Å². The van der Waals surface area contributed by atoms with E-state index >= 15 is 0 Å². The minimum absolute atomic E-state index is 0.0641. The van der Waals surface area contributed by atoms with E-state index in [9.17, 15) is 9.90 Å². The van der Waals surface area contributed by atoms with Crippen molar-refractivity contribution >= 4 is 5.91 Å². The molecule has 0 fully saturated rings. The van der Waals surface area contributed by atoms with Gasteiger partial charge in [0.15, 0.2) is 0 Å². The molecule has 6 heteroatoms. The lowest BCUT2D eigenvalue weighted by Gasteiger charge is -2.19. The van der Waals surface area contributed by atoms with Gasteiger partial charge in [0.05, 0.1) is 25.9 Å². The van der Waals surface area contributed by atoms with Crippen LogP contribution in [-0.4, -0.2) is 55.7 Å². The maximum Gasteiger partial charge on any atom is 0.258 e. The van der Waals surface area contributed by atoms with Gasteiger partial charge in [0.2, 0.25) is 0 Å². The van der Waals surface area contributed by atoms with Crippen LogP contribution in [0.3, 0.4) is 0 Å². The van der Waals surface area contributed by atoms with Gasteiger partial charge in [0.1, 0.15) is 11.5 Å². The first-order valence-electron chi connectivity index (χ1n) is 9.86. The molecule has 156 valence electrons. The van der Waals surface area contributed by atoms with Crippen molar-refractivity contribution < 1.29 is 19.4 Å². The second-order valence-electron chi connectivity index (χ2n) is 7.69. The van der Waals surface area contributed by atoms with Crippen molar-refractivity contribution in [3.8, 4) is 11.5 Å². The second kappa shape index (κ2) is 8.84. The van der Waals surface area contributed by atoms with Crippen LogP contribution in [0.1, 0.15) is 45.6 Å². The molecule has 1 atom stereocenters. The van der Waals surface area contributed by atoms with Crippen LogP contribution in [0.15, 0.2) is 30.3 Å². The molecule has 1 unspecified atom stereocenters. The lowest BCUT2D eigenvalue weighted by molar-refractivity contribution is 0.0747. The van der Waals surface area contributed by atoms with Gasteiger partial charge in [-0.2, -0.15) is 0 Å². The third kappa shape index (κ3) is 4.38. The van der Waals surface area contributed by atoms with E-state index in [-0.39, 0.29) is 5.91 Å². The normalized spacial score (nSPS) is 14.1. The Hall–Kier alpha value is -2.57. The first-order valence-corrected chi connectivity index (χ1v) is 9.86. The van der Waals surface area contributed by atoms with Crippen molar-refractivity contribution in [1.82, 2.24) is 9.80 Å². The fourth-order valence-electron chi connectivity index (χ4n) is 3.80. The van der Waals surface area contributed by atoms with Gasteiger partial charge in [-0.15, -0.1) is 0 Å². The summed E-state index contributed by atoms with van der Waals surface area (Å²) < 4.78 is 10.9. The predicted octanol–water partition coefficient (Wildman–Crippen LogP) is 3.02. The standard InChI is InChI=1S/C23H30N2O4/c1-6-15-10-19(22(29-5)11-21(15)28-4)23(27)25-12-17-8-7-16(9-18(17)13-25)20(26)14-24(2)3/h7-11,20,26H,6,12-14H2,1-5H3. The average molecular weight is 399 g/mol. The molecule has 3 rings (SSSR count). The molecular formula is C23H30N2O4. The molecule has 2 aromatic rings. The Morgan fingerprint density at radius 3 is 2.41 bits per heavy atom. The van der Waals surface area contributed by atoms with Gasteiger partial charge in [-0.3, -0.25) is 4.79 Å². The molecule has 0 bridgehead atoms. The van der Waals surface area contributed by atoms with E-state index in [1.807, 2.05) is 55.1 Å². The number of carbonyl (C=O) groups is 1. The Labute approximate surface area is 172 Å². The quantitative estimate of drug-likeness (QED) is 0.777. The van der Waals surface area contributed by atoms with Gasteiger partial charge >= 0.3 is 0 Å². The van der Waals surface area contributed by atoms with Crippen LogP contribution in [0.2, 0.25) is 0 Å². The van der Waals surface area contributed by atoms with E-state index in [4.69, 9.17) is 9.47 Å². The van der Waals surface area contributed by atoms with Gasteiger partial charge in [0.25, 0.3) is 5.91 Å². The first kappa shape index (κ1) is 21.1. The van der Waals surface area contributed by atoms with Crippen molar-refractivity contribution in [1.29, 1.82) is 0 Å². The summed E-state index contributed by atoms with van der Waals surface area (Å²) >= 11 is 0. The zero-order chi connectivity index (χ0) is 21.1. The average Bonchev–Trinajstić information content (AvgIpc) is 3.14. The first-order chi connectivity index (χ1) is 13.9. The van der Waals surface area contributed by atoms with E-state index in [1.54, 1.807) is 20.3 Å². The zero-order valence-electron chi connectivity index (χ0n) is 17.9. The number of carbonyl (C=O) groups excluding carboxylic acids is 1. The number of hydrogen-bond donors (Lipinski definition) is 1. The van der Waals surface area contributed by atoms with E-state index in [0.717, 1.165) is 34.4 Å². The summed E-state index contributed by atoms with van der Waals surface area (Å²) in [6.45, 7) is 3.66. The highest BCUT2D eigenvalue weighted by atomic mass is 16.5. The molecule has 0 saturated carbocycles. The van der Waals surface area contributed by atoms with Gasteiger partial charge in [-0.1, -0.05) is 25.1 Å². The molecule has 0 spiro atoms. The molecule has 0 aromatic heterocycles. The van der Waals surface area contributed by atoms with Crippen molar-refractivity contribution in [2.75, 3.05) is 34.9 Å². The van der Waals surface area contributed by atoms with Crippen molar-refractivity contribution in [2.45, 2.75) is 32.5 Å². The van der Waals surface area contributed by atoms with E-state index in [1.165, 1.54) is 0 Å². The molecule has 0 aliphatic carbocycles. The highest BCUT2D eigenvalue weighted by Gasteiger charge is 2.28. The smallest absolute Gasteiger partial charge is 0.258 e. The molecule has 0 saturated heterocycles. The molecular weight excluding hydrogens is 368 g/mol. The Morgan fingerprint density at radius 1 is 1.10 bits per heavy atom. The zero-order valence-corrected chi connectivity index (χ0v) is 17.9. The monoisotopic (exact) mass is 398 g/mol. The topological polar surface area (TPSA) is 62.2 Å². The fourth-order valence-corrected chi connectivity index (χ4v) is 3.80. The molecule has 1 N–H and O–H groups in total. The van der Waals surface area contributed by atoms with Gasteiger partial charge in [0, 0.05) is 25.7 Å². The lowest BCUT2D eigenvalue weighted by Crippen LogP contribution is -2.26. The van der Waals surface area contributed by atoms with Crippen LogP contribution in [0.25, 0.3) is 0 Å². The number of amides is 1.